The van der Waals surface area contributed by atoms with Gasteiger partial charge in [0.2, 0.25) is 11.8 Å². The van der Waals surface area contributed by atoms with Crippen molar-refractivity contribution in [2.45, 2.75) is 26.7 Å². The van der Waals surface area contributed by atoms with Crippen LogP contribution >= 0.6 is 11.6 Å². The van der Waals surface area contributed by atoms with Gasteiger partial charge in [-0.1, -0.05) is 11.6 Å². The second-order valence-electron chi connectivity index (χ2n) is 5.67. The van der Waals surface area contributed by atoms with Gasteiger partial charge in [-0.2, -0.15) is 0 Å². The summed E-state index contributed by atoms with van der Waals surface area (Å²) < 4.78 is 5.62. The number of hydrogen-bond acceptors (Lipinski definition) is 3. The van der Waals surface area contributed by atoms with Crippen molar-refractivity contribution in [2.24, 2.45) is 0 Å². The third-order valence-corrected chi connectivity index (χ3v) is 3.86. The van der Waals surface area contributed by atoms with E-state index >= 15 is 0 Å². The van der Waals surface area contributed by atoms with E-state index in [0.29, 0.717) is 35.8 Å². The van der Waals surface area contributed by atoms with Crippen molar-refractivity contribution in [3.05, 3.63) is 53.1 Å². The Kier molecular flexibility index (Phi) is 6.83. The zero-order chi connectivity index (χ0) is 18.2. The van der Waals surface area contributed by atoms with Crippen LogP contribution in [0.5, 0.6) is 5.75 Å². The number of amides is 2. The summed E-state index contributed by atoms with van der Waals surface area (Å²) in [6, 6.07) is 12.5. The minimum atomic E-state index is -0.132. The van der Waals surface area contributed by atoms with Crippen LogP contribution in [0.2, 0.25) is 5.02 Å². The zero-order valence-corrected chi connectivity index (χ0v) is 15.0. The van der Waals surface area contributed by atoms with Gasteiger partial charge in [-0.05, 0) is 61.4 Å². The molecule has 0 bridgehead atoms. The highest BCUT2D eigenvalue weighted by atomic mass is 35.5. The average Bonchev–Trinajstić information content (AvgIpc) is 2.56. The van der Waals surface area contributed by atoms with E-state index in [1.54, 1.807) is 30.3 Å². The van der Waals surface area contributed by atoms with Crippen molar-refractivity contribution < 1.29 is 14.3 Å². The van der Waals surface area contributed by atoms with Crippen LogP contribution in [0.1, 0.15) is 25.3 Å². The largest absolute Gasteiger partial charge is 0.494 e. The molecule has 5 nitrogen and oxygen atoms in total. The van der Waals surface area contributed by atoms with Crippen LogP contribution in [0.25, 0.3) is 0 Å². The summed E-state index contributed by atoms with van der Waals surface area (Å²) in [4.78, 5) is 22.9. The van der Waals surface area contributed by atoms with Crippen LogP contribution in [-0.4, -0.2) is 18.4 Å². The fourth-order valence-corrected chi connectivity index (χ4v) is 2.31. The summed E-state index contributed by atoms with van der Waals surface area (Å²) in [7, 11) is 0. The Bertz CT molecular complexity index is 745. The van der Waals surface area contributed by atoms with E-state index in [2.05, 4.69) is 10.6 Å². The van der Waals surface area contributed by atoms with Crippen molar-refractivity contribution in [3.63, 3.8) is 0 Å². The standard InChI is InChI=1S/C19H21ClN2O3/c1-13-12-17(9-10-18(13)20)25-11-3-4-19(24)22-16-7-5-15(6-8-16)21-14(2)23/h5-10,12H,3-4,11H2,1-2H3,(H,21,23)(H,22,24). The predicted molar refractivity (Wildman–Crippen MR) is 100 cm³/mol. The van der Waals surface area contributed by atoms with Crippen molar-refractivity contribution in [1.82, 2.24) is 0 Å². The van der Waals surface area contributed by atoms with E-state index in [1.165, 1.54) is 6.92 Å². The maximum atomic E-state index is 11.9. The lowest BCUT2D eigenvalue weighted by molar-refractivity contribution is -0.116. The highest BCUT2D eigenvalue weighted by Crippen LogP contribution is 2.21. The average molecular weight is 361 g/mol. The number of carbonyl (C=O) groups excluding carboxylic acids is 2. The molecule has 2 amide bonds. The zero-order valence-electron chi connectivity index (χ0n) is 14.3. The lowest BCUT2D eigenvalue weighted by Gasteiger charge is -2.09. The Hall–Kier alpha value is -2.53. The molecular weight excluding hydrogens is 340 g/mol. The van der Waals surface area contributed by atoms with Gasteiger partial charge in [0.15, 0.2) is 0 Å². The molecule has 0 aliphatic rings. The number of hydrogen-bond donors (Lipinski definition) is 2. The third-order valence-electron chi connectivity index (χ3n) is 3.44. The van der Waals surface area contributed by atoms with Gasteiger partial charge >= 0.3 is 0 Å². The van der Waals surface area contributed by atoms with Gasteiger partial charge in [0.25, 0.3) is 0 Å². The van der Waals surface area contributed by atoms with Crippen LogP contribution < -0.4 is 15.4 Å². The molecule has 0 atom stereocenters. The van der Waals surface area contributed by atoms with Gasteiger partial charge < -0.3 is 15.4 Å². The van der Waals surface area contributed by atoms with E-state index in [9.17, 15) is 9.59 Å². The van der Waals surface area contributed by atoms with Crippen molar-refractivity contribution in [1.29, 1.82) is 0 Å². The molecule has 0 saturated heterocycles. The number of benzene rings is 2. The maximum Gasteiger partial charge on any atom is 0.224 e. The van der Waals surface area contributed by atoms with E-state index in [-0.39, 0.29) is 11.8 Å². The molecule has 2 rings (SSSR count). The quantitative estimate of drug-likeness (QED) is 0.719. The van der Waals surface area contributed by atoms with E-state index in [1.807, 2.05) is 19.1 Å². The molecule has 0 radical (unpaired) electrons. The highest BCUT2D eigenvalue weighted by Gasteiger charge is 2.04. The number of carbonyl (C=O) groups is 2. The summed E-state index contributed by atoms with van der Waals surface area (Å²) in [5.74, 6) is 0.534. The minimum Gasteiger partial charge on any atom is -0.494 e. The molecule has 0 aliphatic carbocycles. The topological polar surface area (TPSA) is 67.4 Å². The summed E-state index contributed by atoms with van der Waals surface area (Å²) in [5, 5.41) is 6.19. The van der Waals surface area contributed by atoms with E-state index < -0.39 is 0 Å². The number of aryl methyl sites for hydroxylation is 1. The van der Waals surface area contributed by atoms with Gasteiger partial charge in [0.1, 0.15) is 5.75 Å². The molecular formula is C19H21ClN2O3. The van der Waals surface area contributed by atoms with E-state index in [0.717, 1.165) is 11.3 Å². The first-order valence-corrected chi connectivity index (χ1v) is 8.38. The molecule has 0 fully saturated rings. The highest BCUT2D eigenvalue weighted by molar-refractivity contribution is 6.31. The smallest absolute Gasteiger partial charge is 0.224 e. The monoisotopic (exact) mass is 360 g/mol. The summed E-state index contributed by atoms with van der Waals surface area (Å²) in [6.07, 6.45) is 0.970. The van der Waals surface area contributed by atoms with E-state index in [4.69, 9.17) is 16.3 Å². The Balaban J connectivity index is 1.71. The summed E-state index contributed by atoms with van der Waals surface area (Å²) >= 11 is 5.97. The predicted octanol–water partition coefficient (Wildman–Crippen LogP) is 4.40. The molecule has 0 saturated carbocycles. The Morgan fingerprint density at radius 1 is 1.04 bits per heavy atom. The van der Waals surface area contributed by atoms with Gasteiger partial charge in [-0.3, -0.25) is 9.59 Å². The van der Waals surface area contributed by atoms with Gasteiger partial charge in [0.05, 0.1) is 6.61 Å². The van der Waals surface area contributed by atoms with Crippen LogP contribution in [-0.2, 0) is 9.59 Å². The maximum absolute atomic E-state index is 11.9. The molecule has 0 spiro atoms. The Morgan fingerprint density at radius 2 is 1.68 bits per heavy atom. The number of anilines is 2. The number of nitrogens with one attached hydrogen (secondary N) is 2. The third kappa shape index (κ3) is 6.47. The van der Waals surface area contributed by atoms with Crippen LogP contribution in [0.3, 0.4) is 0 Å². The SMILES string of the molecule is CC(=O)Nc1ccc(NC(=O)CCCOc2ccc(Cl)c(C)c2)cc1. The van der Waals surface area contributed by atoms with Crippen LogP contribution in [0, 0.1) is 6.92 Å². The first-order valence-electron chi connectivity index (χ1n) is 8.00. The van der Waals surface area contributed by atoms with Gasteiger partial charge in [-0.25, -0.2) is 0 Å². The van der Waals surface area contributed by atoms with Crippen LogP contribution in [0.4, 0.5) is 11.4 Å². The fourth-order valence-electron chi connectivity index (χ4n) is 2.19. The van der Waals surface area contributed by atoms with Crippen molar-refractivity contribution in [3.8, 4) is 5.75 Å². The molecule has 2 aromatic carbocycles. The summed E-state index contributed by atoms with van der Waals surface area (Å²) in [5.41, 5.74) is 2.34. The first-order chi connectivity index (χ1) is 11.9. The second-order valence-corrected chi connectivity index (χ2v) is 6.08. The molecule has 0 heterocycles. The van der Waals surface area contributed by atoms with Gasteiger partial charge in [0, 0.05) is 29.7 Å². The molecule has 0 aromatic heterocycles. The molecule has 25 heavy (non-hydrogen) atoms. The fraction of sp³-hybridized carbons (Fsp3) is 0.263. The number of halogens is 1. The second kappa shape index (κ2) is 9.08. The Labute approximate surface area is 152 Å². The van der Waals surface area contributed by atoms with Gasteiger partial charge in [-0.15, -0.1) is 0 Å². The lowest BCUT2D eigenvalue weighted by atomic mass is 10.2. The lowest BCUT2D eigenvalue weighted by Crippen LogP contribution is -2.13. The molecule has 0 aliphatic heterocycles. The number of rotatable bonds is 7. The Morgan fingerprint density at radius 3 is 2.28 bits per heavy atom. The molecule has 132 valence electrons. The first kappa shape index (κ1) is 18.8. The van der Waals surface area contributed by atoms with Crippen LogP contribution in [0.15, 0.2) is 42.5 Å². The van der Waals surface area contributed by atoms with Crippen molar-refractivity contribution >= 4 is 34.8 Å². The normalized spacial score (nSPS) is 10.2. The molecule has 6 heteroatoms. The molecule has 0 unspecified atom stereocenters. The molecule has 2 N–H and O–H groups in total. The minimum absolute atomic E-state index is 0.0804. The number of ether oxygens (including phenoxy) is 1. The van der Waals surface area contributed by atoms with Crippen molar-refractivity contribution in [2.75, 3.05) is 17.2 Å². The summed E-state index contributed by atoms with van der Waals surface area (Å²) in [6.45, 7) is 3.82. The molecule has 2 aromatic rings.